The van der Waals surface area contributed by atoms with E-state index in [-0.39, 0.29) is 18.9 Å². The Morgan fingerprint density at radius 3 is 2.08 bits per heavy atom. The van der Waals surface area contributed by atoms with E-state index in [1.54, 1.807) is 6.21 Å². The van der Waals surface area contributed by atoms with Gasteiger partial charge in [-0.05, 0) is 25.0 Å². The molecule has 0 spiro atoms. The molecule has 2 aromatic rings. The van der Waals surface area contributed by atoms with Crippen LogP contribution in [0.1, 0.15) is 42.9 Å². The lowest BCUT2D eigenvalue weighted by molar-refractivity contribution is -0.140. The summed E-state index contributed by atoms with van der Waals surface area (Å²) in [4.78, 5) is 4.49. The first-order valence-corrected chi connectivity index (χ1v) is 8.30. The van der Waals surface area contributed by atoms with E-state index in [9.17, 15) is 5.11 Å². The van der Waals surface area contributed by atoms with Crippen LogP contribution in [0.4, 0.5) is 0 Å². The van der Waals surface area contributed by atoms with Crippen molar-refractivity contribution in [2.75, 3.05) is 19.8 Å². The molecule has 1 unspecified atom stereocenters. The summed E-state index contributed by atoms with van der Waals surface area (Å²) in [6, 6.07) is 17.5. The molecule has 1 atom stereocenters. The molecule has 0 bridgehead atoms. The van der Waals surface area contributed by atoms with Gasteiger partial charge >= 0.3 is 0 Å². The molecule has 0 heterocycles. The van der Waals surface area contributed by atoms with Crippen molar-refractivity contribution in [2.24, 2.45) is 4.99 Å². The van der Waals surface area contributed by atoms with Crippen molar-refractivity contribution in [1.82, 2.24) is 0 Å². The van der Waals surface area contributed by atoms with E-state index in [2.05, 4.69) is 4.99 Å². The molecule has 0 aromatic heterocycles. The number of aliphatic imine (C=N–C) groups is 1. The number of ether oxygens (including phenoxy) is 2. The maximum Gasteiger partial charge on any atom is 0.183 e. The van der Waals surface area contributed by atoms with E-state index >= 15 is 0 Å². The highest BCUT2D eigenvalue weighted by Gasteiger charge is 2.11. The predicted octanol–water partition coefficient (Wildman–Crippen LogP) is 3.91. The van der Waals surface area contributed by atoms with Gasteiger partial charge in [0.15, 0.2) is 6.29 Å². The second-order valence-corrected chi connectivity index (χ2v) is 5.30. The van der Waals surface area contributed by atoms with Crippen LogP contribution in [-0.4, -0.2) is 31.1 Å². The Kier molecular flexibility index (Phi) is 7.62. The van der Waals surface area contributed by atoms with Crippen LogP contribution in [-0.2, 0) is 9.47 Å². The molecule has 0 aliphatic carbocycles. The van der Waals surface area contributed by atoms with E-state index in [1.165, 1.54) is 0 Å². The van der Waals surface area contributed by atoms with Crippen LogP contribution in [0.25, 0.3) is 0 Å². The molecule has 0 saturated heterocycles. The van der Waals surface area contributed by atoms with Crippen molar-refractivity contribution >= 4 is 6.21 Å². The normalized spacial score (nSPS) is 12.8. The highest BCUT2D eigenvalue weighted by Crippen LogP contribution is 2.20. The maximum atomic E-state index is 9.55. The van der Waals surface area contributed by atoms with E-state index in [0.29, 0.717) is 13.2 Å². The van der Waals surface area contributed by atoms with Crippen LogP contribution in [0.2, 0.25) is 0 Å². The van der Waals surface area contributed by atoms with Gasteiger partial charge in [0.2, 0.25) is 0 Å². The standard InChI is InChI=1S/C20H25NO3/c1-3-23-20(24-4-2)18-12-10-16(11-13-18)14-21-19(15-22)17-8-6-5-7-9-17/h5-14,19-20,22H,3-4,15H2,1-2H3/b21-14-. The number of aliphatic hydroxyl groups is 1. The molecule has 0 aliphatic heterocycles. The van der Waals surface area contributed by atoms with Gasteiger partial charge in [-0.15, -0.1) is 0 Å². The quantitative estimate of drug-likeness (QED) is 0.561. The van der Waals surface area contributed by atoms with E-state index in [1.807, 2.05) is 68.4 Å². The Labute approximate surface area is 143 Å². The number of hydrogen-bond donors (Lipinski definition) is 1. The summed E-state index contributed by atoms with van der Waals surface area (Å²) in [5, 5.41) is 9.55. The summed E-state index contributed by atoms with van der Waals surface area (Å²) < 4.78 is 11.2. The van der Waals surface area contributed by atoms with Gasteiger partial charge < -0.3 is 14.6 Å². The van der Waals surface area contributed by atoms with Gasteiger partial charge in [-0.1, -0.05) is 54.6 Å². The summed E-state index contributed by atoms with van der Waals surface area (Å²) >= 11 is 0. The topological polar surface area (TPSA) is 51.0 Å². The van der Waals surface area contributed by atoms with Crippen molar-refractivity contribution in [3.63, 3.8) is 0 Å². The van der Waals surface area contributed by atoms with Crippen LogP contribution < -0.4 is 0 Å². The zero-order chi connectivity index (χ0) is 17.2. The molecule has 0 amide bonds. The lowest BCUT2D eigenvalue weighted by Crippen LogP contribution is -2.08. The molecule has 2 rings (SSSR count). The van der Waals surface area contributed by atoms with E-state index < -0.39 is 0 Å². The molecule has 4 heteroatoms. The first-order valence-electron chi connectivity index (χ1n) is 8.30. The lowest BCUT2D eigenvalue weighted by atomic mass is 10.1. The number of benzene rings is 2. The Morgan fingerprint density at radius 1 is 0.917 bits per heavy atom. The SMILES string of the molecule is CCOC(OCC)c1ccc(/C=N\C(CO)c2ccccc2)cc1. The second-order valence-electron chi connectivity index (χ2n) is 5.30. The molecule has 4 nitrogen and oxygen atoms in total. The fourth-order valence-electron chi connectivity index (χ4n) is 2.37. The van der Waals surface area contributed by atoms with Crippen molar-refractivity contribution in [2.45, 2.75) is 26.2 Å². The molecule has 0 saturated carbocycles. The van der Waals surface area contributed by atoms with Gasteiger partial charge in [0.05, 0.1) is 12.6 Å². The molecule has 0 aliphatic rings. The van der Waals surface area contributed by atoms with Crippen LogP contribution in [0, 0.1) is 0 Å². The van der Waals surface area contributed by atoms with Gasteiger partial charge in [0, 0.05) is 25.0 Å². The monoisotopic (exact) mass is 327 g/mol. The fourth-order valence-corrected chi connectivity index (χ4v) is 2.37. The van der Waals surface area contributed by atoms with Crippen LogP contribution in [0.15, 0.2) is 59.6 Å². The molecule has 0 fully saturated rings. The number of rotatable bonds is 9. The van der Waals surface area contributed by atoms with Gasteiger partial charge in [-0.25, -0.2) is 0 Å². The first-order chi connectivity index (χ1) is 11.8. The first kappa shape index (κ1) is 18.3. The van der Waals surface area contributed by atoms with Gasteiger partial charge in [-0.2, -0.15) is 0 Å². The smallest absolute Gasteiger partial charge is 0.183 e. The van der Waals surface area contributed by atoms with Crippen LogP contribution >= 0.6 is 0 Å². The van der Waals surface area contributed by atoms with Crippen molar-refractivity contribution < 1.29 is 14.6 Å². The third-order valence-electron chi connectivity index (χ3n) is 3.61. The zero-order valence-electron chi connectivity index (χ0n) is 14.3. The Hall–Kier alpha value is -2.01. The molecule has 1 N–H and O–H groups in total. The van der Waals surface area contributed by atoms with Crippen molar-refractivity contribution in [1.29, 1.82) is 0 Å². The highest BCUT2D eigenvalue weighted by atomic mass is 16.7. The predicted molar refractivity (Wildman–Crippen MR) is 96.3 cm³/mol. The van der Waals surface area contributed by atoms with Crippen LogP contribution in [0.5, 0.6) is 0 Å². The Bertz CT molecular complexity index is 605. The average Bonchev–Trinajstić information content (AvgIpc) is 2.63. The average molecular weight is 327 g/mol. The van der Waals surface area contributed by atoms with Crippen molar-refractivity contribution in [3.8, 4) is 0 Å². The van der Waals surface area contributed by atoms with Gasteiger partial charge in [0.25, 0.3) is 0 Å². The van der Waals surface area contributed by atoms with Gasteiger partial charge in [-0.3, -0.25) is 4.99 Å². The Balaban J connectivity index is 2.07. The summed E-state index contributed by atoms with van der Waals surface area (Å²) in [5.41, 5.74) is 2.96. The zero-order valence-corrected chi connectivity index (χ0v) is 14.3. The third kappa shape index (κ3) is 5.27. The third-order valence-corrected chi connectivity index (χ3v) is 3.61. The van der Waals surface area contributed by atoms with Crippen molar-refractivity contribution in [3.05, 3.63) is 71.3 Å². The number of hydrogen-bond acceptors (Lipinski definition) is 4. The Morgan fingerprint density at radius 2 is 1.54 bits per heavy atom. The molecule has 0 radical (unpaired) electrons. The maximum absolute atomic E-state index is 9.55. The lowest BCUT2D eigenvalue weighted by Gasteiger charge is -2.17. The second kappa shape index (κ2) is 9.98. The molecular weight excluding hydrogens is 302 g/mol. The fraction of sp³-hybridized carbons (Fsp3) is 0.350. The number of nitrogens with zero attached hydrogens (tertiary/aromatic N) is 1. The molecule has 128 valence electrons. The molecular formula is C20H25NO3. The minimum atomic E-state index is -0.333. The summed E-state index contributed by atoms with van der Waals surface area (Å²) in [5.74, 6) is 0. The molecule has 24 heavy (non-hydrogen) atoms. The minimum absolute atomic E-state index is 0.0185. The summed E-state index contributed by atoms with van der Waals surface area (Å²) in [6.45, 7) is 5.08. The van der Waals surface area contributed by atoms with E-state index in [0.717, 1.165) is 16.7 Å². The van der Waals surface area contributed by atoms with Gasteiger partial charge in [0.1, 0.15) is 0 Å². The minimum Gasteiger partial charge on any atom is -0.394 e. The summed E-state index contributed by atoms with van der Waals surface area (Å²) in [7, 11) is 0. The van der Waals surface area contributed by atoms with Crippen LogP contribution in [0.3, 0.4) is 0 Å². The largest absolute Gasteiger partial charge is 0.394 e. The highest BCUT2D eigenvalue weighted by molar-refractivity contribution is 5.79. The van der Waals surface area contributed by atoms with E-state index in [4.69, 9.17) is 9.47 Å². The summed E-state index contributed by atoms with van der Waals surface area (Å²) in [6.07, 6.45) is 1.45. The number of aliphatic hydroxyl groups excluding tert-OH is 1. The molecule has 2 aromatic carbocycles.